The van der Waals surface area contributed by atoms with E-state index in [2.05, 4.69) is 32.7 Å². The Labute approximate surface area is 118 Å². The van der Waals surface area contributed by atoms with Crippen LogP contribution in [0.5, 0.6) is 0 Å². The van der Waals surface area contributed by atoms with E-state index in [1.54, 1.807) is 0 Å². The molecule has 0 radical (unpaired) electrons. The first-order valence-electron chi connectivity index (χ1n) is 7.64. The molecule has 3 nitrogen and oxygen atoms in total. The van der Waals surface area contributed by atoms with Crippen LogP contribution in [0, 0.1) is 10.8 Å². The van der Waals surface area contributed by atoms with Crippen molar-refractivity contribution in [3.63, 3.8) is 0 Å². The maximum absolute atomic E-state index is 11.5. The Morgan fingerprint density at radius 3 is 2.32 bits per heavy atom. The Kier molecular flexibility index (Phi) is 5.43. The fraction of sp³-hybridized carbons (Fsp3) is 0.938. The number of carboxylic acid groups (broad SMARTS) is 1. The Morgan fingerprint density at radius 2 is 1.89 bits per heavy atom. The molecule has 1 aliphatic carbocycles. The zero-order valence-corrected chi connectivity index (χ0v) is 13.3. The largest absolute Gasteiger partial charge is 0.481 e. The number of carboxylic acids is 1. The number of carbonyl (C=O) groups is 1. The fourth-order valence-corrected chi connectivity index (χ4v) is 3.31. The van der Waals surface area contributed by atoms with Crippen molar-refractivity contribution in [3.8, 4) is 0 Å². The number of hydrogen-bond acceptors (Lipinski definition) is 2. The molecule has 1 unspecified atom stereocenters. The average molecular weight is 269 g/mol. The van der Waals surface area contributed by atoms with Crippen LogP contribution in [0.25, 0.3) is 0 Å². The lowest BCUT2D eigenvalue weighted by molar-refractivity contribution is -0.150. The molecule has 0 aromatic rings. The molecule has 0 aliphatic heterocycles. The highest BCUT2D eigenvalue weighted by Gasteiger charge is 2.36. The minimum atomic E-state index is -0.655. The van der Waals surface area contributed by atoms with Crippen LogP contribution in [-0.2, 0) is 4.79 Å². The molecule has 19 heavy (non-hydrogen) atoms. The SMILES string of the molecule is CCCC(C)(CN(C)C1CCC(C)(C)CC1)C(=O)O. The highest BCUT2D eigenvalue weighted by atomic mass is 16.4. The lowest BCUT2D eigenvalue weighted by Gasteiger charge is -2.41. The van der Waals surface area contributed by atoms with E-state index in [1.165, 1.54) is 25.7 Å². The molecule has 112 valence electrons. The molecule has 1 rings (SSSR count). The number of nitrogens with zero attached hydrogens (tertiary/aromatic N) is 1. The average Bonchev–Trinajstić information content (AvgIpc) is 2.28. The van der Waals surface area contributed by atoms with E-state index in [1.807, 2.05) is 6.92 Å². The lowest BCUT2D eigenvalue weighted by Crippen LogP contribution is -2.45. The maximum Gasteiger partial charge on any atom is 0.310 e. The van der Waals surface area contributed by atoms with Gasteiger partial charge in [-0.15, -0.1) is 0 Å². The second-order valence-corrected chi connectivity index (χ2v) is 7.43. The number of hydrogen-bond donors (Lipinski definition) is 1. The third kappa shape index (κ3) is 4.48. The molecule has 1 aliphatic rings. The van der Waals surface area contributed by atoms with Crippen LogP contribution < -0.4 is 0 Å². The first-order chi connectivity index (χ1) is 8.70. The van der Waals surface area contributed by atoms with Gasteiger partial charge in [-0.3, -0.25) is 4.79 Å². The summed E-state index contributed by atoms with van der Waals surface area (Å²) in [5.41, 5.74) is -0.132. The molecule has 1 saturated carbocycles. The minimum Gasteiger partial charge on any atom is -0.481 e. The van der Waals surface area contributed by atoms with E-state index in [0.29, 0.717) is 18.0 Å². The van der Waals surface area contributed by atoms with Crippen molar-refractivity contribution in [2.45, 2.75) is 72.3 Å². The molecule has 0 aromatic carbocycles. The molecule has 1 N–H and O–H groups in total. The molecule has 1 fully saturated rings. The van der Waals surface area contributed by atoms with Gasteiger partial charge in [-0.2, -0.15) is 0 Å². The maximum atomic E-state index is 11.5. The summed E-state index contributed by atoms with van der Waals surface area (Å²) < 4.78 is 0. The molecular formula is C16H31NO2. The smallest absolute Gasteiger partial charge is 0.310 e. The van der Waals surface area contributed by atoms with Gasteiger partial charge in [-0.1, -0.05) is 27.2 Å². The van der Waals surface area contributed by atoms with Gasteiger partial charge in [-0.05, 0) is 51.5 Å². The summed E-state index contributed by atoms with van der Waals surface area (Å²) >= 11 is 0. The predicted molar refractivity (Wildman–Crippen MR) is 79.3 cm³/mol. The van der Waals surface area contributed by atoms with Crippen LogP contribution in [0.3, 0.4) is 0 Å². The molecular weight excluding hydrogens is 238 g/mol. The molecule has 0 bridgehead atoms. The first kappa shape index (κ1) is 16.5. The lowest BCUT2D eigenvalue weighted by atomic mass is 9.75. The summed E-state index contributed by atoms with van der Waals surface area (Å²) in [6.07, 6.45) is 6.58. The predicted octanol–water partition coefficient (Wildman–Crippen LogP) is 3.78. The monoisotopic (exact) mass is 269 g/mol. The van der Waals surface area contributed by atoms with Gasteiger partial charge in [0.1, 0.15) is 0 Å². The molecule has 1 atom stereocenters. The van der Waals surface area contributed by atoms with Crippen molar-refractivity contribution in [3.05, 3.63) is 0 Å². The molecule has 0 saturated heterocycles. The standard InChI is InChI=1S/C16H31NO2/c1-6-9-16(4,14(18)19)12-17(5)13-7-10-15(2,3)11-8-13/h13H,6-12H2,1-5H3,(H,18,19). The van der Waals surface area contributed by atoms with Gasteiger partial charge in [0.2, 0.25) is 0 Å². The summed E-state index contributed by atoms with van der Waals surface area (Å²) in [6, 6.07) is 0.559. The van der Waals surface area contributed by atoms with Crippen LogP contribution in [0.2, 0.25) is 0 Å². The molecule has 3 heteroatoms. The van der Waals surface area contributed by atoms with Crippen molar-refractivity contribution >= 4 is 5.97 Å². The Morgan fingerprint density at radius 1 is 1.37 bits per heavy atom. The van der Waals surface area contributed by atoms with Gasteiger partial charge in [0.05, 0.1) is 5.41 Å². The van der Waals surface area contributed by atoms with E-state index >= 15 is 0 Å². The van der Waals surface area contributed by atoms with Crippen molar-refractivity contribution in [1.29, 1.82) is 0 Å². The van der Waals surface area contributed by atoms with Crippen LogP contribution in [-0.4, -0.2) is 35.6 Å². The minimum absolute atomic E-state index is 0.469. The van der Waals surface area contributed by atoms with E-state index in [9.17, 15) is 9.90 Å². The highest BCUT2D eigenvalue weighted by molar-refractivity contribution is 5.74. The summed E-state index contributed by atoms with van der Waals surface area (Å²) in [4.78, 5) is 13.8. The van der Waals surface area contributed by atoms with Crippen LogP contribution in [0.1, 0.15) is 66.2 Å². The quantitative estimate of drug-likeness (QED) is 0.797. The van der Waals surface area contributed by atoms with Gasteiger partial charge >= 0.3 is 5.97 Å². The van der Waals surface area contributed by atoms with Gasteiger partial charge in [0, 0.05) is 12.6 Å². The fourth-order valence-electron chi connectivity index (χ4n) is 3.31. The van der Waals surface area contributed by atoms with E-state index in [0.717, 1.165) is 12.8 Å². The highest BCUT2D eigenvalue weighted by Crippen LogP contribution is 2.37. The van der Waals surface area contributed by atoms with Crippen molar-refractivity contribution in [2.75, 3.05) is 13.6 Å². The van der Waals surface area contributed by atoms with Gasteiger partial charge in [0.15, 0.2) is 0 Å². The number of rotatable bonds is 6. The Balaban J connectivity index is 2.58. The molecule has 0 aromatic heterocycles. The Bertz CT molecular complexity index is 304. The normalized spacial score (nSPS) is 23.3. The summed E-state index contributed by atoms with van der Waals surface area (Å²) in [5, 5.41) is 9.47. The van der Waals surface area contributed by atoms with E-state index in [4.69, 9.17) is 0 Å². The summed E-state index contributed by atoms with van der Waals surface area (Å²) in [5.74, 6) is -0.655. The van der Waals surface area contributed by atoms with E-state index < -0.39 is 11.4 Å². The molecule has 0 spiro atoms. The third-order valence-corrected chi connectivity index (χ3v) is 4.85. The van der Waals surface area contributed by atoms with Crippen LogP contribution >= 0.6 is 0 Å². The van der Waals surface area contributed by atoms with Gasteiger partial charge in [-0.25, -0.2) is 0 Å². The summed E-state index contributed by atoms with van der Waals surface area (Å²) in [6.45, 7) is 9.29. The zero-order chi connectivity index (χ0) is 14.7. The van der Waals surface area contributed by atoms with E-state index in [-0.39, 0.29) is 0 Å². The van der Waals surface area contributed by atoms with Crippen molar-refractivity contribution in [1.82, 2.24) is 4.90 Å². The van der Waals surface area contributed by atoms with Gasteiger partial charge in [0.25, 0.3) is 0 Å². The second-order valence-electron chi connectivity index (χ2n) is 7.43. The van der Waals surface area contributed by atoms with Gasteiger partial charge < -0.3 is 10.0 Å². The number of aliphatic carboxylic acids is 1. The molecule has 0 heterocycles. The van der Waals surface area contributed by atoms with Crippen molar-refractivity contribution in [2.24, 2.45) is 10.8 Å². The second kappa shape index (κ2) is 6.25. The first-order valence-corrected chi connectivity index (χ1v) is 7.64. The molecule has 0 amide bonds. The van der Waals surface area contributed by atoms with Crippen LogP contribution in [0.4, 0.5) is 0 Å². The topological polar surface area (TPSA) is 40.5 Å². The third-order valence-electron chi connectivity index (χ3n) is 4.85. The zero-order valence-electron chi connectivity index (χ0n) is 13.3. The summed E-state index contributed by atoms with van der Waals surface area (Å²) in [7, 11) is 2.10. The van der Waals surface area contributed by atoms with Crippen LogP contribution in [0.15, 0.2) is 0 Å². The van der Waals surface area contributed by atoms with Crippen molar-refractivity contribution < 1.29 is 9.90 Å². The Hall–Kier alpha value is -0.570.